The standard InChI is InChI=1S/C23H36F2O/c1-5-26-18(4)23(25)22(24)17(3)8-9-19-10-14-21(15-11-19)20-12-6-16(2)7-13-20/h16,19-21H,3-15H2,1-2H3/b23-22-. The van der Waals surface area contributed by atoms with Gasteiger partial charge in [-0.3, -0.25) is 0 Å². The lowest BCUT2D eigenvalue weighted by Crippen LogP contribution is -2.25. The van der Waals surface area contributed by atoms with Crippen molar-refractivity contribution < 1.29 is 13.5 Å². The molecule has 0 heterocycles. The first kappa shape index (κ1) is 21.2. The van der Waals surface area contributed by atoms with Crippen molar-refractivity contribution in [3.05, 3.63) is 36.1 Å². The van der Waals surface area contributed by atoms with E-state index in [1.165, 1.54) is 51.4 Å². The predicted octanol–water partition coefficient (Wildman–Crippen LogP) is 7.66. The summed E-state index contributed by atoms with van der Waals surface area (Å²) in [7, 11) is 0. The molecule has 2 rings (SSSR count). The van der Waals surface area contributed by atoms with E-state index in [1.807, 2.05) is 0 Å². The molecule has 0 radical (unpaired) electrons. The molecular weight excluding hydrogens is 330 g/mol. The van der Waals surface area contributed by atoms with Crippen LogP contribution in [0.15, 0.2) is 36.1 Å². The lowest BCUT2D eigenvalue weighted by Gasteiger charge is -2.37. The molecule has 2 saturated carbocycles. The third-order valence-electron chi connectivity index (χ3n) is 6.54. The largest absolute Gasteiger partial charge is 0.491 e. The molecule has 1 nitrogen and oxygen atoms in total. The fourth-order valence-electron chi connectivity index (χ4n) is 4.71. The van der Waals surface area contributed by atoms with Gasteiger partial charge in [0.25, 0.3) is 0 Å². The maximum absolute atomic E-state index is 14.1. The Morgan fingerprint density at radius 2 is 1.42 bits per heavy atom. The fraction of sp³-hybridized carbons (Fsp3) is 0.739. The fourth-order valence-corrected chi connectivity index (χ4v) is 4.71. The molecule has 26 heavy (non-hydrogen) atoms. The number of rotatable bonds is 8. The van der Waals surface area contributed by atoms with Crippen LogP contribution in [-0.4, -0.2) is 6.61 Å². The van der Waals surface area contributed by atoms with Gasteiger partial charge in [0.1, 0.15) is 0 Å². The molecule has 0 aromatic carbocycles. The minimum absolute atomic E-state index is 0.228. The molecule has 0 bridgehead atoms. The molecule has 0 amide bonds. The van der Waals surface area contributed by atoms with Gasteiger partial charge in [0.15, 0.2) is 17.4 Å². The summed E-state index contributed by atoms with van der Waals surface area (Å²) in [5.74, 6) is 1.22. The molecule has 2 aliphatic rings. The van der Waals surface area contributed by atoms with Gasteiger partial charge in [-0.1, -0.05) is 45.8 Å². The van der Waals surface area contributed by atoms with Gasteiger partial charge in [0, 0.05) is 0 Å². The van der Waals surface area contributed by atoms with E-state index in [2.05, 4.69) is 20.1 Å². The molecular formula is C23H36F2O. The summed E-state index contributed by atoms with van der Waals surface area (Å²) in [5.41, 5.74) is 0.228. The van der Waals surface area contributed by atoms with Crippen LogP contribution in [0.1, 0.15) is 78.1 Å². The van der Waals surface area contributed by atoms with Crippen molar-refractivity contribution in [1.82, 2.24) is 0 Å². The average Bonchev–Trinajstić information content (AvgIpc) is 2.66. The van der Waals surface area contributed by atoms with Crippen LogP contribution in [0.4, 0.5) is 8.78 Å². The molecule has 0 N–H and O–H groups in total. The van der Waals surface area contributed by atoms with Crippen molar-refractivity contribution in [3.8, 4) is 0 Å². The smallest absolute Gasteiger partial charge is 0.200 e. The van der Waals surface area contributed by atoms with Crippen LogP contribution >= 0.6 is 0 Å². The summed E-state index contributed by atoms with van der Waals surface area (Å²) < 4.78 is 33.0. The summed E-state index contributed by atoms with van der Waals surface area (Å²) in [6.45, 7) is 11.5. The molecule has 0 spiro atoms. The number of halogens is 2. The molecule has 2 aliphatic carbocycles. The maximum atomic E-state index is 14.1. The Balaban J connectivity index is 1.73. The van der Waals surface area contributed by atoms with Crippen LogP contribution in [0.5, 0.6) is 0 Å². The second-order valence-corrected chi connectivity index (χ2v) is 8.43. The maximum Gasteiger partial charge on any atom is 0.200 e. The zero-order chi connectivity index (χ0) is 19.1. The molecule has 0 aliphatic heterocycles. The quantitative estimate of drug-likeness (QED) is 0.316. The summed E-state index contributed by atoms with van der Waals surface area (Å²) in [5, 5.41) is 0. The molecule has 0 aromatic rings. The van der Waals surface area contributed by atoms with Gasteiger partial charge in [-0.05, 0) is 74.7 Å². The highest BCUT2D eigenvalue weighted by Gasteiger charge is 2.30. The Bertz CT molecular complexity index is 506. The van der Waals surface area contributed by atoms with Crippen molar-refractivity contribution in [2.75, 3.05) is 6.61 Å². The first-order valence-electron chi connectivity index (χ1n) is 10.5. The number of hydrogen-bond donors (Lipinski definition) is 0. The van der Waals surface area contributed by atoms with E-state index in [1.54, 1.807) is 6.92 Å². The highest BCUT2D eigenvalue weighted by atomic mass is 19.2. The Kier molecular flexibility index (Phi) is 8.37. The number of ether oxygens (including phenoxy) is 1. The van der Waals surface area contributed by atoms with E-state index in [0.717, 1.165) is 24.2 Å². The summed E-state index contributed by atoms with van der Waals surface area (Å²) in [4.78, 5) is 0. The van der Waals surface area contributed by atoms with Crippen molar-refractivity contribution in [1.29, 1.82) is 0 Å². The molecule has 0 unspecified atom stereocenters. The summed E-state index contributed by atoms with van der Waals surface area (Å²) >= 11 is 0. The Morgan fingerprint density at radius 3 is 1.96 bits per heavy atom. The molecule has 0 saturated heterocycles. The molecule has 0 atom stereocenters. The van der Waals surface area contributed by atoms with Crippen molar-refractivity contribution in [2.24, 2.45) is 23.7 Å². The normalized spacial score (nSPS) is 30.5. The van der Waals surface area contributed by atoms with Crippen molar-refractivity contribution in [3.63, 3.8) is 0 Å². The lowest BCUT2D eigenvalue weighted by molar-refractivity contribution is 0.147. The van der Waals surface area contributed by atoms with E-state index in [9.17, 15) is 8.78 Å². The highest BCUT2D eigenvalue weighted by Crippen LogP contribution is 2.42. The summed E-state index contributed by atoms with van der Waals surface area (Å²) in [6.07, 6.45) is 12.1. The zero-order valence-electron chi connectivity index (χ0n) is 16.7. The van der Waals surface area contributed by atoms with Crippen LogP contribution in [0.2, 0.25) is 0 Å². The van der Waals surface area contributed by atoms with Gasteiger partial charge in [-0.2, -0.15) is 4.39 Å². The molecule has 0 aromatic heterocycles. The van der Waals surface area contributed by atoms with Crippen LogP contribution in [-0.2, 0) is 4.74 Å². The molecule has 148 valence electrons. The minimum atomic E-state index is -1.01. The Hall–Kier alpha value is -1.12. The van der Waals surface area contributed by atoms with E-state index >= 15 is 0 Å². The second-order valence-electron chi connectivity index (χ2n) is 8.43. The molecule has 3 heteroatoms. The highest BCUT2D eigenvalue weighted by molar-refractivity contribution is 5.32. The van der Waals surface area contributed by atoms with E-state index in [0.29, 0.717) is 12.3 Å². The predicted molar refractivity (Wildman–Crippen MR) is 105 cm³/mol. The number of allylic oxidation sites excluding steroid dienone is 3. The van der Waals surface area contributed by atoms with Gasteiger partial charge in [0.2, 0.25) is 0 Å². The lowest BCUT2D eigenvalue weighted by atomic mass is 9.69. The topological polar surface area (TPSA) is 9.23 Å². The summed E-state index contributed by atoms with van der Waals surface area (Å²) in [6, 6.07) is 0. The third kappa shape index (κ3) is 5.96. The first-order chi connectivity index (χ1) is 12.4. The van der Waals surface area contributed by atoms with Crippen LogP contribution in [0.3, 0.4) is 0 Å². The monoisotopic (exact) mass is 366 g/mol. The van der Waals surface area contributed by atoms with Gasteiger partial charge >= 0.3 is 0 Å². The van der Waals surface area contributed by atoms with Gasteiger partial charge in [-0.25, -0.2) is 4.39 Å². The zero-order valence-corrected chi connectivity index (χ0v) is 16.7. The van der Waals surface area contributed by atoms with E-state index in [4.69, 9.17) is 4.74 Å². The van der Waals surface area contributed by atoms with Crippen LogP contribution in [0.25, 0.3) is 0 Å². The Morgan fingerprint density at radius 1 is 0.885 bits per heavy atom. The minimum Gasteiger partial charge on any atom is -0.491 e. The van der Waals surface area contributed by atoms with Gasteiger partial charge in [-0.15, -0.1) is 0 Å². The second kappa shape index (κ2) is 10.3. The van der Waals surface area contributed by atoms with Crippen LogP contribution < -0.4 is 0 Å². The van der Waals surface area contributed by atoms with E-state index in [-0.39, 0.29) is 17.9 Å². The Labute approximate surface area is 158 Å². The first-order valence-corrected chi connectivity index (χ1v) is 10.5. The van der Waals surface area contributed by atoms with Gasteiger partial charge < -0.3 is 4.74 Å². The SMILES string of the molecule is C=C(CCC1CCC(C2CCC(C)CC2)CC1)/C(F)=C(/F)C(=C)OCC. The van der Waals surface area contributed by atoms with Crippen LogP contribution in [0, 0.1) is 23.7 Å². The van der Waals surface area contributed by atoms with Crippen molar-refractivity contribution in [2.45, 2.75) is 78.1 Å². The third-order valence-corrected chi connectivity index (χ3v) is 6.54. The average molecular weight is 367 g/mol. The van der Waals surface area contributed by atoms with Gasteiger partial charge in [0.05, 0.1) is 6.61 Å². The molecule has 2 fully saturated rings. The van der Waals surface area contributed by atoms with Crippen molar-refractivity contribution >= 4 is 0 Å². The number of hydrogen-bond acceptors (Lipinski definition) is 1. The van der Waals surface area contributed by atoms with E-state index < -0.39 is 11.7 Å².